The number of carbonyl (C=O) groups is 1. The summed E-state index contributed by atoms with van der Waals surface area (Å²) in [6.07, 6.45) is 2.02. The SMILES string of the molecule is CCc1cc(Br)ccc1NC(=O)c1ccc(F)nc1. The van der Waals surface area contributed by atoms with Crippen LogP contribution in [0.4, 0.5) is 10.1 Å². The van der Waals surface area contributed by atoms with Crippen molar-refractivity contribution in [2.75, 3.05) is 5.32 Å². The number of benzene rings is 1. The third-order valence-corrected chi connectivity index (χ3v) is 3.18. The second-order valence-electron chi connectivity index (χ2n) is 3.98. The van der Waals surface area contributed by atoms with Crippen molar-refractivity contribution in [2.45, 2.75) is 13.3 Å². The number of hydrogen-bond acceptors (Lipinski definition) is 2. The lowest BCUT2D eigenvalue weighted by atomic mass is 10.1. The Morgan fingerprint density at radius 2 is 2.16 bits per heavy atom. The third-order valence-electron chi connectivity index (χ3n) is 2.69. The van der Waals surface area contributed by atoms with Crippen LogP contribution in [0.1, 0.15) is 22.8 Å². The zero-order valence-electron chi connectivity index (χ0n) is 10.3. The largest absolute Gasteiger partial charge is 0.322 e. The molecule has 2 aromatic rings. The zero-order chi connectivity index (χ0) is 13.8. The normalized spacial score (nSPS) is 10.3. The topological polar surface area (TPSA) is 42.0 Å². The van der Waals surface area contributed by atoms with Crippen molar-refractivity contribution in [3.63, 3.8) is 0 Å². The van der Waals surface area contributed by atoms with Gasteiger partial charge in [0.2, 0.25) is 5.95 Å². The van der Waals surface area contributed by atoms with E-state index in [1.807, 2.05) is 25.1 Å². The quantitative estimate of drug-likeness (QED) is 0.873. The first kappa shape index (κ1) is 13.7. The summed E-state index contributed by atoms with van der Waals surface area (Å²) in [7, 11) is 0. The molecule has 0 bridgehead atoms. The molecule has 5 heteroatoms. The summed E-state index contributed by atoms with van der Waals surface area (Å²) in [5.74, 6) is -0.904. The van der Waals surface area contributed by atoms with Gasteiger partial charge in [-0.15, -0.1) is 0 Å². The van der Waals surface area contributed by atoms with E-state index in [4.69, 9.17) is 0 Å². The molecule has 1 N–H and O–H groups in total. The molecule has 0 unspecified atom stereocenters. The molecule has 0 saturated carbocycles. The molecule has 1 heterocycles. The lowest BCUT2D eigenvalue weighted by molar-refractivity contribution is 0.102. The molecule has 3 nitrogen and oxygen atoms in total. The Bertz CT molecular complexity index is 599. The molecular formula is C14H12BrFN2O. The van der Waals surface area contributed by atoms with Crippen LogP contribution in [0.5, 0.6) is 0 Å². The average Bonchev–Trinajstić information content (AvgIpc) is 2.41. The van der Waals surface area contributed by atoms with E-state index in [1.54, 1.807) is 0 Å². The van der Waals surface area contributed by atoms with Gasteiger partial charge in [0, 0.05) is 16.4 Å². The van der Waals surface area contributed by atoms with E-state index in [1.165, 1.54) is 12.3 Å². The Balaban J connectivity index is 2.21. The maximum absolute atomic E-state index is 12.7. The van der Waals surface area contributed by atoms with E-state index >= 15 is 0 Å². The Labute approximate surface area is 119 Å². The van der Waals surface area contributed by atoms with Crippen molar-refractivity contribution in [3.05, 3.63) is 58.1 Å². The van der Waals surface area contributed by atoms with Crippen molar-refractivity contribution in [3.8, 4) is 0 Å². The van der Waals surface area contributed by atoms with Crippen LogP contribution in [0.3, 0.4) is 0 Å². The number of anilines is 1. The summed E-state index contributed by atoms with van der Waals surface area (Å²) in [6, 6.07) is 8.22. The number of aryl methyl sites for hydroxylation is 1. The standard InChI is InChI=1S/C14H12BrFN2O/c1-2-9-7-11(15)4-5-12(9)18-14(19)10-3-6-13(16)17-8-10/h3-8H,2H2,1H3,(H,18,19). The summed E-state index contributed by atoms with van der Waals surface area (Å²) in [6.45, 7) is 2.01. The van der Waals surface area contributed by atoms with Gasteiger partial charge in [0.15, 0.2) is 0 Å². The highest BCUT2D eigenvalue weighted by molar-refractivity contribution is 9.10. The van der Waals surface area contributed by atoms with Crippen LogP contribution in [0.2, 0.25) is 0 Å². The van der Waals surface area contributed by atoms with Crippen molar-refractivity contribution in [1.82, 2.24) is 4.98 Å². The number of nitrogens with zero attached hydrogens (tertiary/aromatic N) is 1. The number of aromatic nitrogens is 1. The summed E-state index contributed by atoms with van der Waals surface area (Å²) in [5, 5.41) is 2.80. The Morgan fingerprint density at radius 3 is 2.79 bits per heavy atom. The highest BCUT2D eigenvalue weighted by Crippen LogP contribution is 2.22. The van der Waals surface area contributed by atoms with Crippen molar-refractivity contribution < 1.29 is 9.18 Å². The van der Waals surface area contributed by atoms with Gasteiger partial charge in [-0.25, -0.2) is 4.98 Å². The van der Waals surface area contributed by atoms with Gasteiger partial charge in [0.25, 0.3) is 5.91 Å². The average molecular weight is 323 g/mol. The van der Waals surface area contributed by atoms with Crippen LogP contribution in [0, 0.1) is 5.95 Å². The molecule has 0 aliphatic heterocycles. The molecule has 1 amide bonds. The van der Waals surface area contributed by atoms with E-state index < -0.39 is 5.95 Å². The number of amides is 1. The van der Waals surface area contributed by atoms with Crippen molar-refractivity contribution in [1.29, 1.82) is 0 Å². The van der Waals surface area contributed by atoms with Crippen LogP contribution in [-0.2, 0) is 6.42 Å². The monoisotopic (exact) mass is 322 g/mol. The van der Waals surface area contributed by atoms with Gasteiger partial charge >= 0.3 is 0 Å². The number of pyridine rings is 1. The summed E-state index contributed by atoms with van der Waals surface area (Å²) < 4.78 is 13.7. The van der Waals surface area contributed by atoms with Gasteiger partial charge in [-0.05, 0) is 42.3 Å². The molecule has 0 spiro atoms. The molecule has 0 radical (unpaired) electrons. The van der Waals surface area contributed by atoms with Crippen molar-refractivity contribution in [2.24, 2.45) is 0 Å². The maximum Gasteiger partial charge on any atom is 0.257 e. The molecule has 1 aromatic heterocycles. The first-order valence-electron chi connectivity index (χ1n) is 5.81. The lowest BCUT2D eigenvalue weighted by Crippen LogP contribution is -2.13. The Kier molecular flexibility index (Phi) is 4.27. The smallest absolute Gasteiger partial charge is 0.257 e. The van der Waals surface area contributed by atoms with Crippen molar-refractivity contribution >= 4 is 27.5 Å². The van der Waals surface area contributed by atoms with E-state index in [0.717, 1.165) is 28.2 Å². The molecule has 2 rings (SSSR count). The summed E-state index contributed by atoms with van der Waals surface area (Å²) in [5.41, 5.74) is 2.10. The number of nitrogens with one attached hydrogen (secondary N) is 1. The fourth-order valence-electron chi connectivity index (χ4n) is 1.68. The molecule has 98 valence electrons. The lowest BCUT2D eigenvalue weighted by Gasteiger charge is -2.10. The summed E-state index contributed by atoms with van der Waals surface area (Å²) in [4.78, 5) is 15.5. The van der Waals surface area contributed by atoms with Gasteiger partial charge in [-0.2, -0.15) is 4.39 Å². The molecule has 0 saturated heterocycles. The third kappa shape index (κ3) is 3.38. The fraction of sp³-hybridized carbons (Fsp3) is 0.143. The van der Waals surface area contributed by atoms with Gasteiger partial charge in [0.05, 0.1) is 5.56 Å². The highest BCUT2D eigenvalue weighted by atomic mass is 79.9. The van der Waals surface area contributed by atoms with E-state index in [0.29, 0.717) is 5.56 Å². The highest BCUT2D eigenvalue weighted by Gasteiger charge is 2.09. The molecule has 0 aliphatic carbocycles. The van der Waals surface area contributed by atoms with E-state index in [2.05, 4.69) is 26.2 Å². The number of hydrogen-bond donors (Lipinski definition) is 1. The number of halogens is 2. The predicted octanol–water partition coefficient (Wildman–Crippen LogP) is 3.80. The summed E-state index contributed by atoms with van der Waals surface area (Å²) >= 11 is 3.39. The second kappa shape index (κ2) is 5.93. The van der Waals surface area contributed by atoms with Gasteiger partial charge in [-0.1, -0.05) is 22.9 Å². The molecule has 0 atom stereocenters. The van der Waals surface area contributed by atoms with Crippen LogP contribution in [0.15, 0.2) is 41.0 Å². The first-order chi connectivity index (χ1) is 9.10. The zero-order valence-corrected chi connectivity index (χ0v) is 11.9. The molecule has 0 fully saturated rings. The van der Waals surface area contributed by atoms with Crippen LogP contribution >= 0.6 is 15.9 Å². The molecule has 1 aromatic carbocycles. The van der Waals surface area contributed by atoms with Gasteiger partial charge in [-0.3, -0.25) is 4.79 Å². The minimum Gasteiger partial charge on any atom is -0.322 e. The van der Waals surface area contributed by atoms with Gasteiger partial charge < -0.3 is 5.32 Å². The van der Waals surface area contributed by atoms with Crippen LogP contribution < -0.4 is 5.32 Å². The van der Waals surface area contributed by atoms with E-state index in [-0.39, 0.29) is 5.91 Å². The molecular weight excluding hydrogens is 311 g/mol. The Morgan fingerprint density at radius 1 is 1.37 bits per heavy atom. The molecule has 0 aliphatic rings. The van der Waals surface area contributed by atoms with Crippen LogP contribution in [-0.4, -0.2) is 10.9 Å². The maximum atomic E-state index is 12.7. The predicted molar refractivity (Wildman–Crippen MR) is 75.7 cm³/mol. The second-order valence-corrected chi connectivity index (χ2v) is 4.89. The van der Waals surface area contributed by atoms with E-state index in [9.17, 15) is 9.18 Å². The van der Waals surface area contributed by atoms with Gasteiger partial charge in [0.1, 0.15) is 0 Å². The minimum atomic E-state index is -0.602. The number of carbonyl (C=O) groups excluding carboxylic acids is 1. The minimum absolute atomic E-state index is 0.301. The number of rotatable bonds is 3. The molecule has 19 heavy (non-hydrogen) atoms. The Hall–Kier alpha value is -1.75. The van der Waals surface area contributed by atoms with Crippen LogP contribution in [0.25, 0.3) is 0 Å². The fourth-order valence-corrected chi connectivity index (χ4v) is 2.09. The first-order valence-corrected chi connectivity index (χ1v) is 6.60.